The highest BCUT2D eigenvalue weighted by Crippen LogP contribution is 2.21. The van der Waals surface area contributed by atoms with Crippen LogP contribution in [0.25, 0.3) is 0 Å². The highest BCUT2D eigenvalue weighted by atomic mass is 16.5. The lowest BCUT2D eigenvalue weighted by Crippen LogP contribution is -2.25. The summed E-state index contributed by atoms with van der Waals surface area (Å²) < 4.78 is 5.78. The van der Waals surface area contributed by atoms with E-state index in [1.165, 1.54) is 0 Å². The normalized spacial score (nSPS) is 12.5. The third-order valence-corrected chi connectivity index (χ3v) is 4.92. The number of anilines is 1. The van der Waals surface area contributed by atoms with Gasteiger partial charge in [-0.05, 0) is 55.3 Å². The standard InChI is InChI=1S/C25H21N3O3/c26-15-19-5-1-2-6-20(19)16-31-23-10-4-8-18(14-23)25(30)28-22-9-3-7-17(13-22)24(29)27-21-11-12-21/h1-10,13-14,21H,11-12,16H2,(H,27,29)(H,28,30). The van der Waals surface area contributed by atoms with Crippen molar-refractivity contribution < 1.29 is 14.3 Å². The molecule has 1 fully saturated rings. The van der Waals surface area contributed by atoms with Crippen molar-refractivity contribution in [3.8, 4) is 11.8 Å². The second kappa shape index (κ2) is 9.14. The number of amides is 2. The van der Waals surface area contributed by atoms with Gasteiger partial charge in [0, 0.05) is 28.4 Å². The Hall–Kier alpha value is -4.11. The van der Waals surface area contributed by atoms with Crippen LogP contribution in [0.3, 0.4) is 0 Å². The number of benzene rings is 3. The molecule has 2 N–H and O–H groups in total. The summed E-state index contributed by atoms with van der Waals surface area (Å²) in [5.41, 5.74) is 2.82. The summed E-state index contributed by atoms with van der Waals surface area (Å²) in [6.45, 7) is 0.229. The molecule has 1 saturated carbocycles. The first-order valence-electron chi connectivity index (χ1n) is 10.1. The van der Waals surface area contributed by atoms with E-state index < -0.39 is 0 Å². The van der Waals surface area contributed by atoms with E-state index in [-0.39, 0.29) is 24.5 Å². The second-order valence-corrected chi connectivity index (χ2v) is 7.37. The maximum absolute atomic E-state index is 12.7. The van der Waals surface area contributed by atoms with Crippen molar-refractivity contribution >= 4 is 17.5 Å². The van der Waals surface area contributed by atoms with Crippen LogP contribution in [0.2, 0.25) is 0 Å². The van der Waals surface area contributed by atoms with Crippen LogP contribution in [-0.2, 0) is 6.61 Å². The molecule has 2 amide bonds. The minimum absolute atomic E-state index is 0.133. The molecule has 31 heavy (non-hydrogen) atoms. The maximum atomic E-state index is 12.7. The van der Waals surface area contributed by atoms with Gasteiger partial charge < -0.3 is 15.4 Å². The number of nitriles is 1. The average Bonchev–Trinajstić information content (AvgIpc) is 3.62. The highest BCUT2D eigenvalue weighted by molar-refractivity contribution is 6.05. The van der Waals surface area contributed by atoms with Crippen LogP contribution in [0.5, 0.6) is 5.75 Å². The Morgan fingerprint density at radius 3 is 2.45 bits per heavy atom. The first kappa shape index (κ1) is 20.2. The SMILES string of the molecule is N#Cc1ccccc1COc1cccc(C(=O)Nc2cccc(C(=O)NC3CC3)c2)c1. The molecule has 4 rings (SSSR count). The number of hydrogen-bond donors (Lipinski definition) is 2. The molecule has 1 aliphatic carbocycles. The number of nitrogens with one attached hydrogen (secondary N) is 2. The molecule has 0 radical (unpaired) electrons. The van der Waals surface area contributed by atoms with Crippen molar-refractivity contribution in [3.63, 3.8) is 0 Å². The van der Waals surface area contributed by atoms with Gasteiger partial charge in [-0.1, -0.05) is 30.3 Å². The van der Waals surface area contributed by atoms with Gasteiger partial charge in [0.2, 0.25) is 0 Å². The van der Waals surface area contributed by atoms with Crippen LogP contribution in [-0.4, -0.2) is 17.9 Å². The molecule has 6 heteroatoms. The van der Waals surface area contributed by atoms with E-state index in [1.54, 1.807) is 60.7 Å². The molecule has 154 valence electrons. The first-order chi connectivity index (χ1) is 15.1. The topological polar surface area (TPSA) is 91.2 Å². The predicted molar refractivity (Wildman–Crippen MR) is 117 cm³/mol. The molecule has 1 aliphatic rings. The van der Waals surface area contributed by atoms with E-state index in [4.69, 9.17) is 4.74 Å². The number of rotatable bonds is 7. The molecule has 0 unspecified atom stereocenters. The monoisotopic (exact) mass is 411 g/mol. The molecule has 3 aromatic carbocycles. The zero-order valence-electron chi connectivity index (χ0n) is 16.8. The molecule has 0 heterocycles. The lowest BCUT2D eigenvalue weighted by atomic mass is 10.1. The summed E-state index contributed by atoms with van der Waals surface area (Å²) in [7, 11) is 0. The summed E-state index contributed by atoms with van der Waals surface area (Å²) in [5, 5.41) is 15.0. The number of carbonyl (C=O) groups is 2. The third kappa shape index (κ3) is 5.28. The van der Waals surface area contributed by atoms with Gasteiger partial charge in [0.1, 0.15) is 12.4 Å². The second-order valence-electron chi connectivity index (χ2n) is 7.37. The van der Waals surface area contributed by atoms with Crippen molar-refractivity contribution in [1.29, 1.82) is 5.26 Å². The molecule has 0 aliphatic heterocycles. The Balaban J connectivity index is 1.41. The number of nitrogens with zero attached hydrogens (tertiary/aromatic N) is 1. The van der Waals surface area contributed by atoms with Crippen LogP contribution in [0.1, 0.15) is 44.7 Å². The van der Waals surface area contributed by atoms with Crippen LogP contribution >= 0.6 is 0 Å². The van der Waals surface area contributed by atoms with Gasteiger partial charge in [0.15, 0.2) is 0 Å². The minimum atomic E-state index is -0.303. The molecule has 0 spiro atoms. The van der Waals surface area contributed by atoms with Crippen LogP contribution in [0.15, 0.2) is 72.8 Å². The van der Waals surface area contributed by atoms with Crippen LogP contribution < -0.4 is 15.4 Å². The molecular formula is C25H21N3O3. The zero-order valence-corrected chi connectivity index (χ0v) is 16.8. The quantitative estimate of drug-likeness (QED) is 0.607. The van der Waals surface area contributed by atoms with Crippen LogP contribution in [0.4, 0.5) is 5.69 Å². The van der Waals surface area contributed by atoms with E-state index in [0.717, 1.165) is 18.4 Å². The van der Waals surface area contributed by atoms with Crippen molar-refractivity contribution in [1.82, 2.24) is 5.32 Å². The molecular weight excluding hydrogens is 390 g/mol. The Morgan fingerprint density at radius 1 is 0.935 bits per heavy atom. The molecule has 6 nitrogen and oxygen atoms in total. The number of ether oxygens (including phenoxy) is 1. The van der Waals surface area contributed by atoms with Crippen LogP contribution in [0, 0.1) is 11.3 Å². The summed E-state index contributed by atoms with van der Waals surface area (Å²) in [5.74, 6) is 0.0900. The summed E-state index contributed by atoms with van der Waals surface area (Å²) in [4.78, 5) is 24.9. The van der Waals surface area contributed by atoms with Gasteiger partial charge in [0.25, 0.3) is 11.8 Å². The molecule has 0 saturated heterocycles. The summed E-state index contributed by atoms with van der Waals surface area (Å²) in [6, 6.07) is 23.3. The van der Waals surface area contributed by atoms with Crippen molar-refractivity contribution in [2.75, 3.05) is 5.32 Å². The van der Waals surface area contributed by atoms with E-state index in [9.17, 15) is 14.9 Å². The van der Waals surface area contributed by atoms with Gasteiger partial charge in [-0.15, -0.1) is 0 Å². The Kier molecular flexibility index (Phi) is 5.95. The fourth-order valence-corrected chi connectivity index (χ4v) is 3.08. The smallest absolute Gasteiger partial charge is 0.255 e. The molecule has 3 aromatic rings. The Labute approximate surface area is 180 Å². The van der Waals surface area contributed by atoms with Crippen molar-refractivity contribution in [2.45, 2.75) is 25.5 Å². The van der Waals surface area contributed by atoms with Gasteiger partial charge in [0.05, 0.1) is 11.6 Å². The fourth-order valence-electron chi connectivity index (χ4n) is 3.08. The predicted octanol–water partition coefficient (Wildman–Crippen LogP) is 4.28. The molecule has 0 atom stereocenters. The van der Waals surface area contributed by atoms with Gasteiger partial charge in [-0.25, -0.2) is 0 Å². The van der Waals surface area contributed by atoms with E-state index in [0.29, 0.717) is 28.1 Å². The third-order valence-electron chi connectivity index (χ3n) is 4.92. The summed E-state index contributed by atoms with van der Waals surface area (Å²) in [6.07, 6.45) is 2.03. The Morgan fingerprint density at radius 2 is 1.68 bits per heavy atom. The molecule has 0 bridgehead atoms. The number of hydrogen-bond acceptors (Lipinski definition) is 4. The first-order valence-corrected chi connectivity index (χ1v) is 10.1. The van der Waals surface area contributed by atoms with E-state index in [1.807, 2.05) is 12.1 Å². The van der Waals surface area contributed by atoms with Gasteiger partial charge >= 0.3 is 0 Å². The zero-order chi connectivity index (χ0) is 21.6. The van der Waals surface area contributed by atoms with Crippen molar-refractivity contribution in [3.05, 3.63) is 95.1 Å². The number of carbonyl (C=O) groups excluding carboxylic acids is 2. The van der Waals surface area contributed by atoms with Crippen molar-refractivity contribution in [2.24, 2.45) is 0 Å². The van der Waals surface area contributed by atoms with Gasteiger partial charge in [-0.3, -0.25) is 9.59 Å². The highest BCUT2D eigenvalue weighted by Gasteiger charge is 2.23. The average molecular weight is 411 g/mol. The summed E-state index contributed by atoms with van der Waals surface area (Å²) >= 11 is 0. The maximum Gasteiger partial charge on any atom is 0.255 e. The fraction of sp³-hybridized carbons (Fsp3) is 0.160. The van der Waals surface area contributed by atoms with Gasteiger partial charge in [-0.2, -0.15) is 5.26 Å². The largest absolute Gasteiger partial charge is 0.489 e. The Bertz CT molecular complexity index is 1160. The molecule has 0 aromatic heterocycles. The minimum Gasteiger partial charge on any atom is -0.489 e. The lowest BCUT2D eigenvalue weighted by Gasteiger charge is -2.10. The van der Waals surface area contributed by atoms with E-state index in [2.05, 4.69) is 16.7 Å². The lowest BCUT2D eigenvalue weighted by molar-refractivity contribution is 0.0949. The van der Waals surface area contributed by atoms with E-state index >= 15 is 0 Å².